The van der Waals surface area contributed by atoms with Gasteiger partial charge in [0.15, 0.2) is 0 Å². The van der Waals surface area contributed by atoms with Crippen molar-refractivity contribution in [3.8, 4) is 0 Å². The van der Waals surface area contributed by atoms with E-state index >= 15 is 0 Å². The second-order valence-electron chi connectivity index (χ2n) is 5.42. The summed E-state index contributed by atoms with van der Waals surface area (Å²) in [5, 5.41) is 9.98. The molecule has 0 heterocycles. The summed E-state index contributed by atoms with van der Waals surface area (Å²) in [4.78, 5) is -0.0285. The molecule has 1 N–H and O–H groups in total. The zero-order chi connectivity index (χ0) is 16.6. The van der Waals surface area contributed by atoms with Crippen LogP contribution in [0.5, 0.6) is 0 Å². The van der Waals surface area contributed by atoms with E-state index in [2.05, 4.69) is 0 Å². The first kappa shape index (κ1) is 17.4. The average molecular weight is 350 g/mol. The molecule has 2 rings (SSSR count). The highest BCUT2D eigenvalue weighted by Gasteiger charge is 2.53. The zero-order valence-electron chi connectivity index (χ0n) is 12.2. The number of hydrogen-bond donors (Lipinski definition) is 1. The van der Waals surface area contributed by atoms with Gasteiger partial charge in [-0.05, 0) is 31.9 Å². The molecule has 0 radical (unpaired) electrons. The summed E-state index contributed by atoms with van der Waals surface area (Å²) in [5.74, 6) is 0. The van der Waals surface area contributed by atoms with Crippen LogP contribution in [0.2, 0.25) is 0 Å². The third kappa shape index (κ3) is 4.26. The fourth-order valence-corrected chi connectivity index (χ4v) is 3.77. The molecule has 1 atom stereocenters. The Morgan fingerprint density at radius 2 is 1.73 bits per heavy atom. The summed E-state index contributed by atoms with van der Waals surface area (Å²) < 4.78 is 55.9. The van der Waals surface area contributed by atoms with E-state index in [9.17, 15) is 21.9 Å². The Labute approximate surface area is 130 Å². The smallest absolute Gasteiger partial charge is 0.297 e. The third-order valence-corrected chi connectivity index (χ3v) is 5.29. The second kappa shape index (κ2) is 5.89. The van der Waals surface area contributed by atoms with E-state index in [1.165, 1.54) is 12.1 Å². The largest absolute Gasteiger partial charge is 0.388 e. The maximum Gasteiger partial charge on any atom is 0.297 e. The molecule has 9 heteroatoms. The van der Waals surface area contributed by atoms with E-state index in [0.717, 1.165) is 11.8 Å². The Morgan fingerprint density at radius 1 is 1.18 bits per heavy atom. The topological polar surface area (TPSA) is 107 Å². The first-order valence-electron chi connectivity index (χ1n) is 6.59. The van der Waals surface area contributed by atoms with Crippen LogP contribution in [0.1, 0.15) is 18.4 Å². The highest BCUT2D eigenvalue weighted by molar-refractivity contribution is 7.86. The molecule has 1 fully saturated rings. The molecular weight excluding hydrogens is 332 g/mol. The first-order valence-corrected chi connectivity index (χ1v) is 9.81. The minimum atomic E-state index is -4.01. The van der Waals surface area contributed by atoms with Crippen molar-refractivity contribution in [1.29, 1.82) is 0 Å². The van der Waals surface area contributed by atoms with E-state index in [4.69, 9.17) is 8.37 Å². The summed E-state index contributed by atoms with van der Waals surface area (Å²) in [6, 6.07) is 6.05. The molecule has 0 aromatic heterocycles. The van der Waals surface area contributed by atoms with Crippen molar-refractivity contribution in [2.24, 2.45) is 0 Å². The van der Waals surface area contributed by atoms with Crippen LogP contribution in [-0.4, -0.2) is 46.5 Å². The van der Waals surface area contributed by atoms with Gasteiger partial charge in [-0.2, -0.15) is 16.8 Å². The molecular formula is C13H18O7S2. The normalized spacial score (nSPS) is 18.9. The Bertz CT molecular complexity index is 731. The van der Waals surface area contributed by atoms with Crippen LogP contribution in [-0.2, 0) is 28.6 Å². The van der Waals surface area contributed by atoms with Crippen molar-refractivity contribution in [1.82, 2.24) is 0 Å². The molecule has 0 bridgehead atoms. The number of aryl methyl sites for hydroxylation is 1. The van der Waals surface area contributed by atoms with Gasteiger partial charge in [-0.25, -0.2) is 0 Å². The number of rotatable bonds is 7. The Hall–Kier alpha value is -1.00. The van der Waals surface area contributed by atoms with Crippen LogP contribution < -0.4 is 0 Å². The van der Waals surface area contributed by atoms with Crippen LogP contribution >= 0.6 is 0 Å². The molecule has 7 nitrogen and oxygen atoms in total. The maximum absolute atomic E-state index is 12.0. The van der Waals surface area contributed by atoms with Crippen molar-refractivity contribution in [3.63, 3.8) is 0 Å². The molecule has 1 aliphatic carbocycles. The minimum absolute atomic E-state index is 0.0285. The predicted molar refractivity (Wildman–Crippen MR) is 78.2 cm³/mol. The van der Waals surface area contributed by atoms with Gasteiger partial charge in [-0.1, -0.05) is 17.7 Å². The molecule has 1 saturated carbocycles. The van der Waals surface area contributed by atoms with Crippen molar-refractivity contribution >= 4 is 20.2 Å². The Kier molecular flexibility index (Phi) is 4.65. The van der Waals surface area contributed by atoms with E-state index in [0.29, 0.717) is 12.8 Å². The molecule has 1 aromatic rings. The monoisotopic (exact) mass is 350 g/mol. The molecule has 0 saturated heterocycles. The van der Waals surface area contributed by atoms with Gasteiger partial charge in [0.25, 0.3) is 20.2 Å². The lowest BCUT2D eigenvalue weighted by atomic mass is 10.2. The van der Waals surface area contributed by atoms with Gasteiger partial charge in [0, 0.05) is 0 Å². The molecule has 124 valence electrons. The van der Waals surface area contributed by atoms with Crippen molar-refractivity contribution in [3.05, 3.63) is 29.8 Å². The second-order valence-corrected chi connectivity index (χ2v) is 8.61. The Morgan fingerprint density at radius 3 is 2.18 bits per heavy atom. The van der Waals surface area contributed by atoms with E-state index < -0.39 is 38.5 Å². The lowest BCUT2D eigenvalue weighted by molar-refractivity contribution is -0.00474. The number of aliphatic hydroxyl groups is 1. The fourth-order valence-electron chi connectivity index (χ4n) is 1.98. The molecule has 0 spiro atoms. The molecule has 0 aliphatic heterocycles. The molecule has 1 aliphatic rings. The first-order chi connectivity index (χ1) is 10.0. The van der Waals surface area contributed by atoms with Gasteiger partial charge in [0.1, 0.15) is 11.7 Å². The highest BCUT2D eigenvalue weighted by Crippen LogP contribution is 2.44. The standard InChI is InChI=1S/C13H18O7S2/c1-10-3-5-11(6-4-10)22(17,18)19-9-12(14)13(7-8-13)20-21(2,15)16/h3-6,12,14H,7-9H2,1-2H3/t12-/m1/s1. The van der Waals surface area contributed by atoms with Crippen molar-refractivity contribution < 1.29 is 30.3 Å². The number of benzene rings is 1. The summed E-state index contributed by atoms with van der Waals surface area (Å²) in [5.41, 5.74) is -0.367. The summed E-state index contributed by atoms with van der Waals surface area (Å²) >= 11 is 0. The Balaban J connectivity index is 2.02. The van der Waals surface area contributed by atoms with Crippen molar-refractivity contribution in [2.45, 2.75) is 36.4 Å². The number of hydrogen-bond acceptors (Lipinski definition) is 7. The summed E-state index contributed by atoms with van der Waals surface area (Å²) in [7, 11) is -7.75. The van der Waals surface area contributed by atoms with Gasteiger partial charge < -0.3 is 5.11 Å². The molecule has 0 unspecified atom stereocenters. The van der Waals surface area contributed by atoms with Gasteiger partial charge in [-0.3, -0.25) is 8.37 Å². The SMILES string of the molecule is Cc1ccc(S(=O)(=O)OC[C@@H](O)C2(OS(C)(=O)=O)CC2)cc1. The third-order valence-electron chi connectivity index (χ3n) is 3.36. The van der Waals surface area contributed by atoms with Gasteiger partial charge >= 0.3 is 0 Å². The lowest BCUT2D eigenvalue weighted by Crippen LogP contribution is -2.37. The van der Waals surface area contributed by atoms with Gasteiger partial charge in [0.2, 0.25) is 0 Å². The minimum Gasteiger partial charge on any atom is -0.388 e. The van der Waals surface area contributed by atoms with Crippen LogP contribution in [0, 0.1) is 6.92 Å². The highest BCUT2D eigenvalue weighted by atomic mass is 32.2. The predicted octanol–water partition coefficient (Wildman–Crippen LogP) is 0.570. The van der Waals surface area contributed by atoms with Gasteiger partial charge in [0.05, 0.1) is 17.8 Å². The van der Waals surface area contributed by atoms with E-state index in [1.807, 2.05) is 6.92 Å². The van der Waals surface area contributed by atoms with Crippen LogP contribution in [0.15, 0.2) is 29.2 Å². The molecule has 22 heavy (non-hydrogen) atoms. The zero-order valence-corrected chi connectivity index (χ0v) is 13.9. The van der Waals surface area contributed by atoms with Gasteiger partial charge in [-0.15, -0.1) is 0 Å². The van der Waals surface area contributed by atoms with E-state index in [1.54, 1.807) is 12.1 Å². The van der Waals surface area contributed by atoms with E-state index in [-0.39, 0.29) is 4.90 Å². The van der Waals surface area contributed by atoms with Crippen LogP contribution in [0.25, 0.3) is 0 Å². The van der Waals surface area contributed by atoms with Crippen LogP contribution in [0.4, 0.5) is 0 Å². The molecule has 1 aromatic carbocycles. The number of aliphatic hydroxyl groups excluding tert-OH is 1. The quantitative estimate of drug-likeness (QED) is 0.716. The van der Waals surface area contributed by atoms with Crippen molar-refractivity contribution in [2.75, 3.05) is 12.9 Å². The average Bonchev–Trinajstić information content (AvgIpc) is 3.15. The molecule has 0 amide bonds. The van der Waals surface area contributed by atoms with Crippen LogP contribution in [0.3, 0.4) is 0 Å². The lowest BCUT2D eigenvalue weighted by Gasteiger charge is -2.21. The summed E-state index contributed by atoms with van der Waals surface area (Å²) in [6.45, 7) is 1.26. The summed E-state index contributed by atoms with van der Waals surface area (Å²) in [6.07, 6.45) is 0.191. The maximum atomic E-state index is 12.0. The fraction of sp³-hybridized carbons (Fsp3) is 0.538.